The zero-order valence-corrected chi connectivity index (χ0v) is 12.9. The van der Waals surface area contributed by atoms with Crippen molar-refractivity contribution in [1.82, 2.24) is 5.32 Å². The summed E-state index contributed by atoms with van der Waals surface area (Å²) in [5, 5.41) is 12.5. The van der Waals surface area contributed by atoms with Gasteiger partial charge in [0.15, 0.2) is 0 Å². The van der Waals surface area contributed by atoms with Crippen LogP contribution in [0.4, 0.5) is 0 Å². The Balaban J connectivity index is 2.65. The second kappa shape index (κ2) is 6.41. The van der Waals surface area contributed by atoms with E-state index in [1.54, 1.807) is 0 Å². The predicted molar refractivity (Wildman–Crippen MR) is 77.4 cm³/mol. The molecule has 0 unspecified atom stereocenters. The largest absolute Gasteiger partial charge is 0.354 e. The second-order valence-corrected chi connectivity index (χ2v) is 6.39. The van der Waals surface area contributed by atoms with Gasteiger partial charge in [0.05, 0.1) is 6.07 Å². The van der Waals surface area contributed by atoms with Gasteiger partial charge in [0.2, 0.25) is 5.91 Å². The minimum absolute atomic E-state index is 0.0503. The molecule has 0 aromatic rings. The summed E-state index contributed by atoms with van der Waals surface area (Å²) in [6.45, 7) is 9.24. The molecule has 1 N–H and O–H groups in total. The Bertz CT molecular complexity index is 344. The molecule has 0 atom stereocenters. The quantitative estimate of drug-likeness (QED) is 0.727. The van der Waals surface area contributed by atoms with Crippen molar-refractivity contribution in [2.45, 2.75) is 66.2 Å². The molecular formula is C16H28N2O. The third-order valence-corrected chi connectivity index (χ3v) is 4.72. The summed E-state index contributed by atoms with van der Waals surface area (Å²) in [6.07, 6.45) is 5.47. The Hall–Kier alpha value is -1.04. The molecule has 3 heteroatoms. The van der Waals surface area contributed by atoms with Crippen molar-refractivity contribution in [3.8, 4) is 6.07 Å². The van der Waals surface area contributed by atoms with Gasteiger partial charge in [-0.25, -0.2) is 0 Å². The lowest BCUT2D eigenvalue weighted by atomic mass is 9.79. The number of carbonyl (C=O) groups is 1. The van der Waals surface area contributed by atoms with Gasteiger partial charge in [-0.1, -0.05) is 40.5 Å². The molecule has 0 heterocycles. The number of hydrogen-bond acceptors (Lipinski definition) is 2. The summed E-state index contributed by atoms with van der Waals surface area (Å²) in [5.74, 6) is 0.548. The van der Waals surface area contributed by atoms with E-state index in [2.05, 4.69) is 25.2 Å². The lowest BCUT2D eigenvalue weighted by molar-refractivity contribution is -0.129. The minimum atomic E-state index is -0.809. The van der Waals surface area contributed by atoms with E-state index in [1.165, 1.54) is 12.8 Å². The molecule has 0 aliphatic heterocycles. The van der Waals surface area contributed by atoms with Crippen LogP contribution in [0.2, 0.25) is 0 Å². The molecule has 1 amide bonds. The molecule has 0 aromatic carbocycles. The molecule has 19 heavy (non-hydrogen) atoms. The Labute approximate surface area is 117 Å². The zero-order chi connectivity index (χ0) is 14.5. The van der Waals surface area contributed by atoms with Crippen LogP contribution in [0.1, 0.15) is 66.2 Å². The number of nitrogens with zero attached hydrogens (tertiary/aromatic N) is 1. The summed E-state index contributed by atoms with van der Waals surface area (Å²) in [4.78, 5) is 12.4. The number of rotatable bonds is 8. The molecule has 1 aliphatic carbocycles. The van der Waals surface area contributed by atoms with Crippen LogP contribution in [0.25, 0.3) is 0 Å². The molecule has 0 spiro atoms. The number of amides is 1. The first-order valence-electron chi connectivity index (χ1n) is 7.66. The lowest BCUT2D eigenvalue weighted by Gasteiger charge is -2.27. The molecule has 1 fully saturated rings. The molecule has 0 aromatic heterocycles. The number of nitriles is 1. The Kier molecular flexibility index (Phi) is 5.40. The van der Waals surface area contributed by atoms with Crippen LogP contribution in [0, 0.1) is 28.1 Å². The fraction of sp³-hybridized carbons (Fsp3) is 0.875. The lowest BCUT2D eigenvalue weighted by Crippen LogP contribution is -2.43. The van der Waals surface area contributed by atoms with Gasteiger partial charge in [-0.3, -0.25) is 4.79 Å². The van der Waals surface area contributed by atoms with Crippen molar-refractivity contribution in [2.24, 2.45) is 16.7 Å². The van der Waals surface area contributed by atoms with Crippen LogP contribution >= 0.6 is 0 Å². The Morgan fingerprint density at radius 2 is 1.84 bits per heavy atom. The van der Waals surface area contributed by atoms with Crippen LogP contribution in [-0.4, -0.2) is 12.5 Å². The van der Waals surface area contributed by atoms with E-state index in [0.717, 1.165) is 19.4 Å². The first kappa shape index (κ1) is 16.0. The van der Waals surface area contributed by atoms with E-state index >= 15 is 0 Å². The maximum atomic E-state index is 12.4. The van der Waals surface area contributed by atoms with E-state index in [0.29, 0.717) is 24.2 Å². The average molecular weight is 264 g/mol. The van der Waals surface area contributed by atoms with Crippen LogP contribution in [-0.2, 0) is 4.79 Å². The van der Waals surface area contributed by atoms with Crippen molar-refractivity contribution < 1.29 is 4.79 Å². The van der Waals surface area contributed by atoms with Crippen molar-refractivity contribution in [2.75, 3.05) is 6.54 Å². The van der Waals surface area contributed by atoms with E-state index < -0.39 is 5.41 Å². The van der Waals surface area contributed by atoms with Gasteiger partial charge in [-0.05, 0) is 37.0 Å². The van der Waals surface area contributed by atoms with Gasteiger partial charge >= 0.3 is 0 Å². The highest BCUT2D eigenvalue weighted by Gasteiger charge is 2.46. The van der Waals surface area contributed by atoms with Crippen molar-refractivity contribution in [1.29, 1.82) is 5.26 Å². The fourth-order valence-corrected chi connectivity index (χ4v) is 2.91. The number of nitrogens with one attached hydrogen (secondary N) is 1. The van der Waals surface area contributed by atoms with E-state index in [-0.39, 0.29) is 5.91 Å². The maximum absolute atomic E-state index is 12.4. The van der Waals surface area contributed by atoms with Gasteiger partial charge in [0.25, 0.3) is 0 Å². The monoisotopic (exact) mass is 264 g/mol. The maximum Gasteiger partial charge on any atom is 0.240 e. The van der Waals surface area contributed by atoms with Gasteiger partial charge in [-0.2, -0.15) is 5.26 Å². The smallest absolute Gasteiger partial charge is 0.240 e. The second-order valence-electron chi connectivity index (χ2n) is 6.39. The average Bonchev–Trinajstić information content (AvgIpc) is 3.16. The fourth-order valence-electron chi connectivity index (χ4n) is 2.91. The predicted octanol–water partition coefficient (Wildman–Crippen LogP) is 3.65. The topological polar surface area (TPSA) is 52.9 Å². The standard InChI is InChI=1S/C16H28N2O/c1-5-7-15(11-17,8-6-2)14(19)18-12-16(9-10-16)13(3)4/h13H,5-10,12H2,1-4H3,(H,18,19). The first-order chi connectivity index (χ1) is 8.96. The molecule has 0 saturated heterocycles. The molecule has 3 nitrogen and oxygen atoms in total. The van der Waals surface area contributed by atoms with Crippen molar-refractivity contribution >= 4 is 5.91 Å². The van der Waals surface area contributed by atoms with E-state index in [9.17, 15) is 10.1 Å². The molecule has 1 saturated carbocycles. The normalized spacial score (nSPS) is 17.1. The third kappa shape index (κ3) is 3.49. The molecule has 1 aliphatic rings. The zero-order valence-electron chi connectivity index (χ0n) is 12.9. The van der Waals surface area contributed by atoms with Crippen molar-refractivity contribution in [3.05, 3.63) is 0 Å². The Morgan fingerprint density at radius 3 is 2.16 bits per heavy atom. The molecule has 1 rings (SSSR count). The first-order valence-corrected chi connectivity index (χ1v) is 7.66. The van der Waals surface area contributed by atoms with Crippen LogP contribution < -0.4 is 5.32 Å². The molecular weight excluding hydrogens is 236 g/mol. The van der Waals surface area contributed by atoms with Crippen LogP contribution in [0.5, 0.6) is 0 Å². The summed E-state index contributed by atoms with van der Waals surface area (Å²) in [7, 11) is 0. The molecule has 108 valence electrons. The highest BCUT2D eigenvalue weighted by atomic mass is 16.2. The number of carbonyl (C=O) groups excluding carboxylic acids is 1. The van der Waals surface area contributed by atoms with Gasteiger partial charge in [-0.15, -0.1) is 0 Å². The van der Waals surface area contributed by atoms with Gasteiger partial charge < -0.3 is 5.32 Å². The van der Waals surface area contributed by atoms with Crippen molar-refractivity contribution in [3.63, 3.8) is 0 Å². The van der Waals surface area contributed by atoms with E-state index in [4.69, 9.17) is 0 Å². The Morgan fingerprint density at radius 1 is 1.32 bits per heavy atom. The van der Waals surface area contributed by atoms with Crippen LogP contribution in [0.3, 0.4) is 0 Å². The molecule has 0 radical (unpaired) electrons. The summed E-state index contributed by atoms with van der Waals surface area (Å²) < 4.78 is 0. The number of hydrogen-bond donors (Lipinski definition) is 1. The highest BCUT2D eigenvalue weighted by molar-refractivity contribution is 5.85. The third-order valence-electron chi connectivity index (χ3n) is 4.72. The summed E-state index contributed by atoms with van der Waals surface area (Å²) in [6, 6.07) is 2.29. The molecule has 0 bridgehead atoms. The summed E-state index contributed by atoms with van der Waals surface area (Å²) in [5.41, 5.74) is -0.508. The minimum Gasteiger partial charge on any atom is -0.354 e. The summed E-state index contributed by atoms with van der Waals surface area (Å²) >= 11 is 0. The SMILES string of the molecule is CCCC(C#N)(CCC)C(=O)NCC1(C(C)C)CC1. The van der Waals surface area contributed by atoms with Crippen LogP contribution in [0.15, 0.2) is 0 Å². The van der Waals surface area contributed by atoms with Gasteiger partial charge in [0.1, 0.15) is 5.41 Å². The van der Waals surface area contributed by atoms with Gasteiger partial charge in [0, 0.05) is 6.54 Å². The van der Waals surface area contributed by atoms with E-state index in [1.807, 2.05) is 13.8 Å². The highest BCUT2D eigenvalue weighted by Crippen LogP contribution is 2.51.